The van der Waals surface area contributed by atoms with Crippen LogP contribution in [0.4, 0.5) is 0 Å². The summed E-state index contributed by atoms with van der Waals surface area (Å²) >= 11 is 0. The molecule has 0 bridgehead atoms. The maximum Gasteiger partial charge on any atom is 0.330 e. The summed E-state index contributed by atoms with van der Waals surface area (Å²) in [6.45, 7) is 0. The standard InChI is InChI=1S/C19H24O6/c20-14(7-6-13-4-2-1-3-5-13)10-15(21)11-16(22)12-18-17(23)8-9-19(24)25-18/h1-9,14-18,20-23H,10-12H2/b7-6+/t14-,15+,16-,17+,18+/m1/s1. The van der Waals surface area contributed by atoms with Crippen LogP contribution in [0.5, 0.6) is 0 Å². The molecule has 0 aromatic heterocycles. The summed E-state index contributed by atoms with van der Waals surface area (Å²) in [5.74, 6) is -0.565. The van der Waals surface area contributed by atoms with Crippen molar-refractivity contribution in [2.24, 2.45) is 0 Å². The van der Waals surface area contributed by atoms with Gasteiger partial charge in [0.25, 0.3) is 0 Å². The lowest BCUT2D eigenvalue weighted by molar-refractivity contribution is -0.151. The fourth-order valence-corrected chi connectivity index (χ4v) is 2.67. The Balaban J connectivity index is 1.75. The SMILES string of the molecule is O=C1C=C[C@H](O)[C@H](C[C@H](O)C[C@@H](O)C[C@H](O)/C=C/c2ccccc2)O1. The van der Waals surface area contributed by atoms with Gasteiger partial charge in [0.1, 0.15) is 12.2 Å². The molecule has 1 aromatic rings. The minimum absolute atomic E-state index is 0.0146. The predicted molar refractivity (Wildman–Crippen MR) is 92.4 cm³/mol. The maximum absolute atomic E-state index is 11.2. The summed E-state index contributed by atoms with van der Waals surface area (Å²) in [7, 11) is 0. The van der Waals surface area contributed by atoms with Gasteiger partial charge in [-0.2, -0.15) is 0 Å². The van der Waals surface area contributed by atoms with Gasteiger partial charge in [-0.25, -0.2) is 4.79 Å². The number of hydrogen-bond donors (Lipinski definition) is 4. The van der Waals surface area contributed by atoms with Gasteiger partial charge in [-0.15, -0.1) is 0 Å². The minimum Gasteiger partial charge on any atom is -0.456 e. The van der Waals surface area contributed by atoms with E-state index >= 15 is 0 Å². The number of benzene rings is 1. The lowest BCUT2D eigenvalue weighted by Crippen LogP contribution is -2.37. The van der Waals surface area contributed by atoms with E-state index in [2.05, 4.69) is 0 Å². The normalized spacial score (nSPS) is 24.1. The number of rotatable bonds is 8. The Morgan fingerprint density at radius 3 is 2.52 bits per heavy atom. The Hall–Kier alpha value is -1.99. The van der Waals surface area contributed by atoms with Crippen LogP contribution in [-0.4, -0.2) is 56.9 Å². The molecule has 136 valence electrons. The molecule has 6 nitrogen and oxygen atoms in total. The second kappa shape index (κ2) is 9.48. The van der Waals surface area contributed by atoms with Crippen LogP contribution in [0, 0.1) is 0 Å². The summed E-state index contributed by atoms with van der Waals surface area (Å²) in [6.07, 6.45) is 1.39. The van der Waals surface area contributed by atoms with Crippen molar-refractivity contribution in [1.82, 2.24) is 0 Å². The van der Waals surface area contributed by atoms with Crippen LogP contribution in [0.15, 0.2) is 48.6 Å². The topological polar surface area (TPSA) is 107 Å². The molecule has 1 aliphatic heterocycles. The lowest BCUT2D eigenvalue weighted by atomic mass is 9.98. The monoisotopic (exact) mass is 348 g/mol. The number of carbonyl (C=O) groups is 1. The highest BCUT2D eigenvalue weighted by Gasteiger charge is 2.28. The molecule has 6 heteroatoms. The third kappa shape index (κ3) is 6.80. The zero-order valence-corrected chi connectivity index (χ0v) is 13.8. The van der Waals surface area contributed by atoms with Crippen molar-refractivity contribution >= 4 is 12.0 Å². The number of cyclic esters (lactones) is 1. The molecule has 4 N–H and O–H groups in total. The van der Waals surface area contributed by atoms with Gasteiger partial charge in [-0.1, -0.05) is 42.5 Å². The molecule has 0 saturated carbocycles. The van der Waals surface area contributed by atoms with Crippen molar-refractivity contribution in [1.29, 1.82) is 0 Å². The molecule has 1 heterocycles. The molecule has 0 amide bonds. The minimum atomic E-state index is -0.969. The Bertz CT molecular complexity index is 597. The molecule has 2 rings (SSSR count). The van der Waals surface area contributed by atoms with Crippen molar-refractivity contribution in [3.8, 4) is 0 Å². The smallest absolute Gasteiger partial charge is 0.330 e. The fraction of sp³-hybridized carbons (Fsp3) is 0.421. The van der Waals surface area contributed by atoms with Gasteiger partial charge < -0.3 is 25.2 Å². The molecule has 5 atom stereocenters. The predicted octanol–water partition coefficient (Wildman–Crippen LogP) is 0.795. The third-order valence-corrected chi connectivity index (χ3v) is 3.95. The molecular formula is C19H24O6. The van der Waals surface area contributed by atoms with Crippen molar-refractivity contribution in [2.45, 2.75) is 49.8 Å². The van der Waals surface area contributed by atoms with E-state index in [0.717, 1.165) is 11.6 Å². The van der Waals surface area contributed by atoms with E-state index in [0.29, 0.717) is 0 Å². The summed E-state index contributed by atoms with van der Waals surface area (Å²) in [6, 6.07) is 9.47. The van der Waals surface area contributed by atoms with Crippen molar-refractivity contribution in [3.63, 3.8) is 0 Å². The first-order valence-electron chi connectivity index (χ1n) is 8.28. The second-order valence-corrected chi connectivity index (χ2v) is 6.18. The molecule has 0 radical (unpaired) electrons. The van der Waals surface area contributed by atoms with Gasteiger partial charge in [-0.05, 0) is 18.1 Å². The van der Waals surface area contributed by atoms with E-state index in [4.69, 9.17) is 4.74 Å². The Labute approximate surface area is 146 Å². The van der Waals surface area contributed by atoms with E-state index in [9.17, 15) is 25.2 Å². The van der Waals surface area contributed by atoms with Crippen LogP contribution in [0.2, 0.25) is 0 Å². The van der Waals surface area contributed by atoms with Crippen molar-refractivity contribution < 1.29 is 30.0 Å². The van der Waals surface area contributed by atoms with Gasteiger partial charge >= 0.3 is 5.97 Å². The molecule has 25 heavy (non-hydrogen) atoms. The summed E-state index contributed by atoms with van der Waals surface area (Å²) in [4.78, 5) is 11.2. The first-order chi connectivity index (χ1) is 11.9. The average molecular weight is 348 g/mol. The van der Waals surface area contributed by atoms with Gasteiger partial charge in [-0.3, -0.25) is 0 Å². The Morgan fingerprint density at radius 2 is 1.80 bits per heavy atom. The zero-order chi connectivity index (χ0) is 18.2. The molecule has 0 aliphatic carbocycles. The number of esters is 1. The van der Waals surface area contributed by atoms with E-state index in [1.165, 1.54) is 6.08 Å². The number of aliphatic hydroxyl groups is 4. The van der Waals surface area contributed by atoms with Crippen LogP contribution in [0.25, 0.3) is 6.08 Å². The van der Waals surface area contributed by atoms with Gasteiger partial charge in [0.05, 0.1) is 18.3 Å². The molecule has 1 aromatic carbocycles. The highest BCUT2D eigenvalue weighted by atomic mass is 16.6. The number of aliphatic hydroxyl groups excluding tert-OH is 4. The van der Waals surface area contributed by atoms with Crippen LogP contribution in [-0.2, 0) is 9.53 Å². The van der Waals surface area contributed by atoms with Gasteiger partial charge in [0.15, 0.2) is 0 Å². The van der Waals surface area contributed by atoms with Gasteiger partial charge in [0, 0.05) is 18.9 Å². The number of ether oxygens (including phenoxy) is 1. The van der Waals surface area contributed by atoms with E-state index in [1.807, 2.05) is 30.3 Å². The number of hydrogen-bond acceptors (Lipinski definition) is 6. The summed E-state index contributed by atoms with van der Waals surface area (Å²) in [5.41, 5.74) is 0.942. The third-order valence-electron chi connectivity index (χ3n) is 3.95. The first-order valence-corrected chi connectivity index (χ1v) is 8.28. The molecule has 1 aliphatic rings. The molecule has 0 saturated heterocycles. The highest BCUT2D eigenvalue weighted by molar-refractivity contribution is 5.83. The quantitative estimate of drug-likeness (QED) is 0.518. The lowest BCUT2D eigenvalue weighted by Gasteiger charge is -2.26. The highest BCUT2D eigenvalue weighted by Crippen LogP contribution is 2.18. The Kier molecular flexibility index (Phi) is 7.33. The average Bonchev–Trinajstić information content (AvgIpc) is 2.57. The summed E-state index contributed by atoms with van der Waals surface area (Å²) < 4.78 is 4.94. The zero-order valence-electron chi connectivity index (χ0n) is 13.8. The van der Waals surface area contributed by atoms with Gasteiger partial charge in [0.2, 0.25) is 0 Å². The summed E-state index contributed by atoms with van der Waals surface area (Å²) in [5, 5.41) is 39.7. The fourth-order valence-electron chi connectivity index (χ4n) is 2.67. The van der Waals surface area contributed by atoms with Crippen LogP contribution >= 0.6 is 0 Å². The van der Waals surface area contributed by atoms with Crippen LogP contribution in [0.1, 0.15) is 24.8 Å². The Morgan fingerprint density at radius 1 is 1.08 bits per heavy atom. The van der Waals surface area contributed by atoms with E-state index < -0.39 is 36.5 Å². The molecule has 0 unspecified atom stereocenters. The molecule has 0 fully saturated rings. The van der Waals surface area contributed by atoms with E-state index in [1.54, 1.807) is 12.2 Å². The molecular weight excluding hydrogens is 324 g/mol. The number of carbonyl (C=O) groups excluding carboxylic acids is 1. The van der Waals surface area contributed by atoms with Crippen LogP contribution < -0.4 is 0 Å². The second-order valence-electron chi connectivity index (χ2n) is 6.18. The van der Waals surface area contributed by atoms with Crippen LogP contribution in [0.3, 0.4) is 0 Å². The van der Waals surface area contributed by atoms with E-state index in [-0.39, 0.29) is 19.3 Å². The first kappa shape index (κ1) is 19.3. The largest absolute Gasteiger partial charge is 0.456 e. The van der Waals surface area contributed by atoms with Crippen molar-refractivity contribution in [3.05, 3.63) is 54.1 Å². The maximum atomic E-state index is 11.2. The van der Waals surface area contributed by atoms with Crippen molar-refractivity contribution in [2.75, 3.05) is 0 Å². The molecule has 0 spiro atoms.